The summed E-state index contributed by atoms with van der Waals surface area (Å²) in [6.07, 6.45) is 16.3. The van der Waals surface area contributed by atoms with Crippen molar-refractivity contribution in [3.8, 4) is 12.3 Å². The van der Waals surface area contributed by atoms with Gasteiger partial charge in [0.1, 0.15) is 5.60 Å². The van der Waals surface area contributed by atoms with Crippen LogP contribution in [-0.4, -0.2) is 21.6 Å². The molecule has 0 aromatic carbocycles. The molecule has 23 heavy (non-hydrogen) atoms. The Kier molecular flexibility index (Phi) is 3.39. The molecule has 0 aromatic rings. The van der Waals surface area contributed by atoms with E-state index in [0.29, 0.717) is 17.8 Å². The van der Waals surface area contributed by atoms with Gasteiger partial charge >= 0.3 is 0 Å². The Hall–Kier alpha value is -1.27. The molecule has 6 atom stereocenters. The Morgan fingerprint density at radius 1 is 1.17 bits per heavy atom. The molecule has 4 aliphatic rings. The van der Waals surface area contributed by atoms with Gasteiger partial charge in [0.25, 0.3) is 0 Å². The molecule has 124 valence electrons. The molecule has 4 rings (SSSR count). The van der Waals surface area contributed by atoms with Gasteiger partial charge in [-0.05, 0) is 81.1 Å². The zero-order chi connectivity index (χ0) is 16.2. The molecule has 3 heteroatoms. The maximum absolute atomic E-state index is 11.0. The fourth-order valence-corrected chi connectivity index (χ4v) is 6.53. The first kappa shape index (κ1) is 15.3. The Bertz CT molecular complexity index is 616. The molecular weight excluding hydrogens is 286 g/mol. The second-order valence-electron chi connectivity index (χ2n) is 8.43. The average Bonchev–Trinajstić information content (AvgIpc) is 2.86. The highest BCUT2D eigenvalue weighted by Crippen LogP contribution is 2.64. The molecule has 0 spiro atoms. The fourth-order valence-electron chi connectivity index (χ4n) is 6.53. The number of allylic oxidation sites excluding steroid dienone is 2. The van der Waals surface area contributed by atoms with Crippen molar-refractivity contribution in [1.82, 2.24) is 0 Å². The molecular formula is C20H27NO2. The zero-order valence-electron chi connectivity index (χ0n) is 14.0. The summed E-state index contributed by atoms with van der Waals surface area (Å²) < 4.78 is 0. The van der Waals surface area contributed by atoms with Crippen LogP contribution >= 0.6 is 0 Å². The third kappa shape index (κ3) is 1.97. The number of oxime groups is 1. The molecule has 0 radical (unpaired) electrons. The summed E-state index contributed by atoms with van der Waals surface area (Å²) in [5.74, 6) is 5.40. The van der Waals surface area contributed by atoms with Crippen molar-refractivity contribution < 1.29 is 10.3 Å². The summed E-state index contributed by atoms with van der Waals surface area (Å²) in [6, 6.07) is 0. The van der Waals surface area contributed by atoms with E-state index in [1.165, 1.54) is 18.4 Å². The zero-order valence-corrected chi connectivity index (χ0v) is 14.0. The van der Waals surface area contributed by atoms with Gasteiger partial charge in [-0.25, -0.2) is 0 Å². The van der Waals surface area contributed by atoms with E-state index in [1.807, 2.05) is 0 Å². The smallest absolute Gasteiger partial charge is 0.130 e. The van der Waals surface area contributed by atoms with Crippen molar-refractivity contribution in [3.05, 3.63) is 11.6 Å². The summed E-state index contributed by atoms with van der Waals surface area (Å²) in [6.45, 7) is 2.24. The number of hydrogen-bond donors (Lipinski definition) is 2. The van der Waals surface area contributed by atoms with E-state index >= 15 is 0 Å². The van der Waals surface area contributed by atoms with Crippen LogP contribution in [0.3, 0.4) is 0 Å². The van der Waals surface area contributed by atoms with Gasteiger partial charge in [0.15, 0.2) is 0 Å². The summed E-state index contributed by atoms with van der Waals surface area (Å²) in [7, 11) is 0. The average molecular weight is 313 g/mol. The maximum atomic E-state index is 11.0. The monoisotopic (exact) mass is 313 g/mol. The van der Waals surface area contributed by atoms with Crippen LogP contribution in [0, 0.1) is 41.4 Å². The molecule has 3 nitrogen and oxygen atoms in total. The molecule has 0 aliphatic heterocycles. The molecule has 0 amide bonds. The summed E-state index contributed by atoms with van der Waals surface area (Å²) in [5.41, 5.74) is 1.34. The van der Waals surface area contributed by atoms with Crippen LogP contribution in [0.25, 0.3) is 0 Å². The lowest BCUT2D eigenvalue weighted by Gasteiger charge is -2.54. The highest BCUT2D eigenvalue weighted by Gasteiger charge is 2.61. The standard InChI is InChI=1S/C20H27NO2/c1-3-20(22)11-9-18-17-6-4-13-12-14(21-23)5-7-15(13)16(17)8-10-19(18,20)2/h1,12,15-18,22-23H,4-11H2,2H3/b21-14-/t15?,16?,17?,18?,19-,20-/m0/s1. The van der Waals surface area contributed by atoms with Gasteiger partial charge < -0.3 is 10.3 Å². The van der Waals surface area contributed by atoms with E-state index in [2.05, 4.69) is 24.1 Å². The predicted octanol–water partition coefficient (Wildman–Crippen LogP) is 3.75. The van der Waals surface area contributed by atoms with E-state index < -0.39 is 5.60 Å². The minimum absolute atomic E-state index is 0.101. The van der Waals surface area contributed by atoms with Crippen molar-refractivity contribution in [1.29, 1.82) is 0 Å². The van der Waals surface area contributed by atoms with Crippen LogP contribution < -0.4 is 0 Å². The first-order chi connectivity index (χ1) is 11.0. The van der Waals surface area contributed by atoms with E-state index in [9.17, 15) is 5.11 Å². The topological polar surface area (TPSA) is 52.8 Å². The molecule has 0 aromatic heterocycles. The normalized spacial score (nSPS) is 50.5. The Morgan fingerprint density at radius 2 is 2.00 bits per heavy atom. The first-order valence-corrected chi connectivity index (χ1v) is 9.14. The van der Waals surface area contributed by atoms with Crippen LogP contribution in [0.4, 0.5) is 0 Å². The number of hydrogen-bond acceptors (Lipinski definition) is 3. The molecule has 4 aliphatic carbocycles. The minimum atomic E-state index is -0.901. The highest BCUT2D eigenvalue weighted by molar-refractivity contribution is 5.96. The quantitative estimate of drug-likeness (QED) is 0.406. The predicted molar refractivity (Wildman–Crippen MR) is 90.1 cm³/mol. The number of terminal acetylenes is 1. The highest BCUT2D eigenvalue weighted by atomic mass is 16.4. The van der Waals surface area contributed by atoms with Gasteiger partial charge in [-0.2, -0.15) is 0 Å². The van der Waals surface area contributed by atoms with E-state index in [1.54, 1.807) is 0 Å². The van der Waals surface area contributed by atoms with Crippen molar-refractivity contribution in [2.24, 2.45) is 34.2 Å². The van der Waals surface area contributed by atoms with Crippen LogP contribution in [0.1, 0.15) is 58.3 Å². The molecule has 0 saturated heterocycles. The Morgan fingerprint density at radius 3 is 2.74 bits per heavy atom. The van der Waals surface area contributed by atoms with Gasteiger partial charge in [0.05, 0.1) is 5.71 Å². The van der Waals surface area contributed by atoms with Gasteiger partial charge in [-0.3, -0.25) is 0 Å². The van der Waals surface area contributed by atoms with E-state index in [4.69, 9.17) is 11.6 Å². The molecule has 2 N–H and O–H groups in total. The molecule has 0 bridgehead atoms. The van der Waals surface area contributed by atoms with Gasteiger partial charge in [-0.15, -0.1) is 6.42 Å². The minimum Gasteiger partial charge on any atom is -0.411 e. The summed E-state index contributed by atoms with van der Waals surface area (Å²) in [5, 5.41) is 23.4. The second kappa shape index (κ2) is 5.11. The lowest BCUT2D eigenvalue weighted by Crippen LogP contribution is -2.52. The van der Waals surface area contributed by atoms with E-state index in [0.717, 1.165) is 50.2 Å². The Labute approximate surface area is 138 Å². The summed E-state index contributed by atoms with van der Waals surface area (Å²) in [4.78, 5) is 0. The van der Waals surface area contributed by atoms with Gasteiger partial charge in [0.2, 0.25) is 0 Å². The lowest BCUT2D eigenvalue weighted by molar-refractivity contribution is -0.0852. The fraction of sp³-hybridized carbons (Fsp3) is 0.750. The van der Waals surface area contributed by atoms with Crippen LogP contribution in [0.5, 0.6) is 0 Å². The number of rotatable bonds is 0. The van der Waals surface area contributed by atoms with Crippen molar-refractivity contribution in [3.63, 3.8) is 0 Å². The SMILES string of the molecule is C#C[C@]1(O)CCC2C3CCC4=C/C(=N\O)CCC4C3CC[C@@]21C. The molecule has 3 saturated carbocycles. The molecule has 4 unspecified atom stereocenters. The van der Waals surface area contributed by atoms with Crippen molar-refractivity contribution >= 4 is 5.71 Å². The maximum Gasteiger partial charge on any atom is 0.130 e. The van der Waals surface area contributed by atoms with Crippen molar-refractivity contribution in [2.75, 3.05) is 0 Å². The first-order valence-electron chi connectivity index (χ1n) is 9.14. The molecule has 0 heterocycles. The van der Waals surface area contributed by atoms with Gasteiger partial charge in [-0.1, -0.05) is 23.6 Å². The van der Waals surface area contributed by atoms with Crippen molar-refractivity contribution in [2.45, 2.75) is 63.9 Å². The number of fused-ring (bicyclic) bond motifs is 5. The molecule has 3 fully saturated rings. The number of aliphatic hydroxyl groups is 1. The number of nitrogens with zero attached hydrogens (tertiary/aromatic N) is 1. The second-order valence-corrected chi connectivity index (χ2v) is 8.43. The van der Waals surface area contributed by atoms with Crippen LogP contribution in [-0.2, 0) is 0 Å². The third-order valence-corrected chi connectivity index (χ3v) is 7.83. The lowest BCUT2D eigenvalue weighted by atomic mass is 9.50. The Balaban J connectivity index is 1.63. The van der Waals surface area contributed by atoms with Crippen LogP contribution in [0.2, 0.25) is 0 Å². The largest absolute Gasteiger partial charge is 0.411 e. The third-order valence-electron chi connectivity index (χ3n) is 7.83. The van der Waals surface area contributed by atoms with E-state index in [-0.39, 0.29) is 5.41 Å². The van der Waals surface area contributed by atoms with Gasteiger partial charge in [0, 0.05) is 5.41 Å². The van der Waals surface area contributed by atoms with Crippen LogP contribution in [0.15, 0.2) is 16.8 Å². The summed E-state index contributed by atoms with van der Waals surface area (Å²) >= 11 is 0.